The lowest BCUT2D eigenvalue weighted by atomic mass is 10.0. The van der Waals surface area contributed by atoms with Gasteiger partial charge in [0.1, 0.15) is 11.6 Å². The summed E-state index contributed by atoms with van der Waals surface area (Å²) in [4.78, 5) is 18.8. The fourth-order valence-corrected chi connectivity index (χ4v) is 1.70. The summed E-state index contributed by atoms with van der Waals surface area (Å²) in [6.45, 7) is 4.61. The molecule has 0 saturated carbocycles. The van der Waals surface area contributed by atoms with Crippen LogP contribution >= 0.6 is 0 Å². The van der Waals surface area contributed by atoms with E-state index >= 15 is 0 Å². The zero-order valence-electron chi connectivity index (χ0n) is 11.6. The van der Waals surface area contributed by atoms with Crippen LogP contribution in [0.1, 0.15) is 32.0 Å². The average Bonchev–Trinajstić information content (AvgIpc) is 2.35. The fraction of sp³-hybridized carbons (Fsp3) is 0.615. The number of carboxylic acids is 1. The van der Waals surface area contributed by atoms with Crippen molar-refractivity contribution in [3.63, 3.8) is 0 Å². The van der Waals surface area contributed by atoms with Gasteiger partial charge in [-0.15, -0.1) is 0 Å². The van der Waals surface area contributed by atoms with Crippen LogP contribution in [-0.2, 0) is 4.79 Å². The van der Waals surface area contributed by atoms with Crippen LogP contribution in [-0.4, -0.2) is 34.7 Å². The van der Waals surface area contributed by atoms with E-state index in [0.29, 0.717) is 24.0 Å². The molecule has 1 heterocycles. The van der Waals surface area contributed by atoms with Crippen LogP contribution in [0, 0.1) is 12.8 Å². The second-order valence-electron chi connectivity index (χ2n) is 4.60. The first kappa shape index (κ1) is 15.2. The van der Waals surface area contributed by atoms with E-state index in [1.54, 1.807) is 13.2 Å². The Labute approximate surface area is 113 Å². The Morgan fingerprint density at radius 1 is 1.47 bits per heavy atom. The lowest BCUT2D eigenvalue weighted by molar-refractivity contribution is -0.137. The van der Waals surface area contributed by atoms with Gasteiger partial charge in [-0.1, -0.05) is 6.92 Å². The van der Waals surface area contributed by atoms with Gasteiger partial charge < -0.3 is 15.2 Å². The molecule has 1 aromatic heterocycles. The van der Waals surface area contributed by atoms with Crippen molar-refractivity contribution in [1.29, 1.82) is 0 Å². The molecule has 1 atom stereocenters. The maximum atomic E-state index is 10.5. The van der Waals surface area contributed by atoms with E-state index in [1.807, 2.05) is 6.92 Å². The van der Waals surface area contributed by atoms with Gasteiger partial charge in [-0.05, 0) is 25.7 Å². The second-order valence-corrected chi connectivity index (χ2v) is 4.60. The molecule has 6 heteroatoms. The molecule has 0 fully saturated rings. The molecular weight excluding hydrogens is 246 g/mol. The number of anilines is 1. The molecule has 0 spiro atoms. The van der Waals surface area contributed by atoms with Crippen molar-refractivity contribution < 1.29 is 14.6 Å². The van der Waals surface area contributed by atoms with Crippen LogP contribution < -0.4 is 10.1 Å². The molecule has 0 aromatic carbocycles. The molecule has 1 aromatic rings. The number of carboxylic acid groups (broad SMARTS) is 1. The molecule has 0 aliphatic carbocycles. The number of methoxy groups -OCH3 is 1. The van der Waals surface area contributed by atoms with Crippen LogP contribution in [0.5, 0.6) is 5.88 Å². The van der Waals surface area contributed by atoms with Crippen molar-refractivity contribution in [2.45, 2.75) is 33.1 Å². The van der Waals surface area contributed by atoms with E-state index in [9.17, 15) is 4.79 Å². The van der Waals surface area contributed by atoms with Gasteiger partial charge in [-0.25, -0.2) is 4.98 Å². The normalized spacial score (nSPS) is 11.9. The molecule has 1 unspecified atom stereocenters. The largest absolute Gasteiger partial charge is 0.481 e. The number of aromatic nitrogens is 2. The average molecular weight is 267 g/mol. The number of aryl methyl sites for hydroxylation is 1. The summed E-state index contributed by atoms with van der Waals surface area (Å²) in [5.41, 5.74) is 0. The summed E-state index contributed by atoms with van der Waals surface area (Å²) < 4.78 is 5.07. The summed E-state index contributed by atoms with van der Waals surface area (Å²) in [6, 6.07) is 1.74. The van der Waals surface area contributed by atoms with E-state index in [-0.39, 0.29) is 6.42 Å². The van der Waals surface area contributed by atoms with E-state index < -0.39 is 5.97 Å². The maximum Gasteiger partial charge on any atom is 0.303 e. The summed E-state index contributed by atoms with van der Waals surface area (Å²) in [6.07, 6.45) is 1.82. The molecule has 0 aliphatic rings. The van der Waals surface area contributed by atoms with Gasteiger partial charge in [0.25, 0.3) is 0 Å². The molecule has 19 heavy (non-hydrogen) atoms. The Bertz CT molecular complexity index is 424. The monoisotopic (exact) mass is 267 g/mol. The van der Waals surface area contributed by atoms with Crippen molar-refractivity contribution in [2.24, 2.45) is 5.92 Å². The van der Waals surface area contributed by atoms with E-state index in [1.165, 1.54) is 0 Å². The first-order chi connectivity index (χ1) is 9.01. The molecular formula is C13H21N3O3. The summed E-state index contributed by atoms with van der Waals surface area (Å²) in [5.74, 6) is 1.55. The lowest BCUT2D eigenvalue weighted by Crippen LogP contribution is -2.10. The first-order valence-corrected chi connectivity index (χ1v) is 6.36. The van der Waals surface area contributed by atoms with Crippen molar-refractivity contribution in [3.8, 4) is 5.88 Å². The number of hydrogen-bond donors (Lipinski definition) is 2. The molecule has 0 saturated heterocycles. The minimum absolute atomic E-state index is 0.224. The Hall–Kier alpha value is -1.85. The number of hydrogen-bond acceptors (Lipinski definition) is 5. The van der Waals surface area contributed by atoms with E-state index in [0.717, 1.165) is 18.8 Å². The lowest BCUT2D eigenvalue weighted by Gasteiger charge is -2.11. The number of carbonyl (C=O) groups is 1. The SMILES string of the molecule is COc1cc(NCCC(C)CCC(=O)O)nc(C)n1. The van der Waals surface area contributed by atoms with Gasteiger partial charge in [-0.2, -0.15) is 4.98 Å². The Morgan fingerprint density at radius 3 is 2.84 bits per heavy atom. The van der Waals surface area contributed by atoms with Gasteiger partial charge in [0, 0.05) is 19.0 Å². The van der Waals surface area contributed by atoms with E-state index in [2.05, 4.69) is 22.2 Å². The van der Waals surface area contributed by atoms with Crippen molar-refractivity contribution >= 4 is 11.8 Å². The number of nitrogens with one attached hydrogen (secondary N) is 1. The quantitative estimate of drug-likeness (QED) is 0.750. The second kappa shape index (κ2) is 7.56. The molecule has 0 aliphatic heterocycles. The number of ether oxygens (including phenoxy) is 1. The molecule has 2 N–H and O–H groups in total. The topological polar surface area (TPSA) is 84.3 Å². The van der Waals surface area contributed by atoms with Gasteiger partial charge in [0.05, 0.1) is 7.11 Å². The van der Waals surface area contributed by atoms with Crippen molar-refractivity contribution in [3.05, 3.63) is 11.9 Å². The smallest absolute Gasteiger partial charge is 0.303 e. The molecule has 6 nitrogen and oxygen atoms in total. The first-order valence-electron chi connectivity index (χ1n) is 6.36. The summed E-state index contributed by atoms with van der Waals surface area (Å²) >= 11 is 0. The minimum Gasteiger partial charge on any atom is -0.481 e. The summed E-state index contributed by atoms with van der Waals surface area (Å²) in [5, 5.41) is 11.8. The molecule has 0 amide bonds. The number of rotatable bonds is 8. The van der Waals surface area contributed by atoms with Gasteiger partial charge >= 0.3 is 5.97 Å². The maximum absolute atomic E-state index is 10.5. The van der Waals surface area contributed by atoms with Gasteiger partial charge in [0.15, 0.2) is 0 Å². The fourth-order valence-electron chi connectivity index (χ4n) is 1.70. The molecule has 106 valence electrons. The number of nitrogens with zero attached hydrogens (tertiary/aromatic N) is 2. The van der Waals surface area contributed by atoms with Crippen LogP contribution in [0.3, 0.4) is 0 Å². The zero-order chi connectivity index (χ0) is 14.3. The predicted molar refractivity (Wildman–Crippen MR) is 72.5 cm³/mol. The van der Waals surface area contributed by atoms with Crippen LogP contribution in [0.2, 0.25) is 0 Å². The van der Waals surface area contributed by atoms with Gasteiger partial charge in [0.2, 0.25) is 5.88 Å². The molecule has 0 radical (unpaired) electrons. The third kappa shape index (κ3) is 6.03. The molecule has 1 rings (SSSR count). The van der Waals surface area contributed by atoms with Crippen LogP contribution in [0.4, 0.5) is 5.82 Å². The third-order valence-electron chi connectivity index (χ3n) is 2.82. The Morgan fingerprint density at radius 2 is 2.21 bits per heavy atom. The highest BCUT2D eigenvalue weighted by Gasteiger charge is 2.06. The standard InChI is InChI=1S/C13H21N3O3/c1-9(4-5-13(17)18)6-7-14-11-8-12(19-3)16-10(2)15-11/h8-9H,4-7H2,1-3H3,(H,17,18)(H,14,15,16). The Kier molecular flexibility index (Phi) is 6.05. The highest BCUT2D eigenvalue weighted by atomic mass is 16.5. The minimum atomic E-state index is -0.740. The highest BCUT2D eigenvalue weighted by Crippen LogP contribution is 2.14. The van der Waals surface area contributed by atoms with Crippen molar-refractivity contribution in [1.82, 2.24) is 9.97 Å². The third-order valence-corrected chi connectivity index (χ3v) is 2.82. The zero-order valence-corrected chi connectivity index (χ0v) is 11.6. The predicted octanol–water partition coefficient (Wildman–Crippen LogP) is 2.10. The highest BCUT2D eigenvalue weighted by molar-refractivity contribution is 5.66. The summed E-state index contributed by atoms with van der Waals surface area (Å²) in [7, 11) is 1.57. The van der Waals surface area contributed by atoms with Crippen LogP contribution in [0.25, 0.3) is 0 Å². The van der Waals surface area contributed by atoms with Gasteiger partial charge in [-0.3, -0.25) is 4.79 Å². The Balaban J connectivity index is 2.36. The number of aliphatic carboxylic acids is 1. The van der Waals surface area contributed by atoms with E-state index in [4.69, 9.17) is 9.84 Å². The van der Waals surface area contributed by atoms with Crippen LogP contribution in [0.15, 0.2) is 6.07 Å². The van der Waals surface area contributed by atoms with Crippen molar-refractivity contribution in [2.75, 3.05) is 19.0 Å². The molecule has 0 bridgehead atoms.